The van der Waals surface area contributed by atoms with Crippen molar-refractivity contribution in [2.45, 2.75) is 5.79 Å². The summed E-state index contributed by atoms with van der Waals surface area (Å²) >= 11 is 0. The maximum atomic E-state index is 6.21. The fourth-order valence-corrected chi connectivity index (χ4v) is 3.49. The Morgan fingerprint density at radius 2 is 1.26 bits per heavy atom. The molecule has 138 valence electrons. The molecule has 1 fully saturated rings. The summed E-state index contributed by atoms with van der Waals surface area (Å²) in [5.74, 6) is 0.702. The normalized spacial score (nSPS) is 15.5. The Balaban J connectivity index is 1.84. The molecule has 0 N–H and O–H groups in total. The third kappa shape index (κ3) is 3.18. The highest BCUT2D eigenvalue weighted by Gasteiger charge is 2.42. The molecule has 0 spiro atoms. The first-order chi connectivity index (χ1) is 13.3. The Bertz CT molecular complexity index is 894. The summed E-state index contributed by atoms with van der Waals surface area (Å²) in [6.07, 6.45) is 0. The zero-order valence-corrected chi connectivity index (χ0v) is 15.5. The van der Waals surface area contributed by atoms with Crippen LogP contribution in [0.4, 0.5) is 0 Å². The van der Waals surface area contributed by atoms with Gasteiger partial charge in [0.2, 0.25) is 5.79 Å². The van der Waals surface area contributed by atoms with Gasteiger partial charge in [0.05, 0.1) is 27.4 Å². The second-order valence-corrected chi connectivity index (χ2v) is 6.32. The fraction of sp³-hybridized carbons (Fsp3) is 0.217. The van der Waals surface area contributed by atoms with Gasteiger partial charge >= 0.3 is 0 Å². The standard InChI is InChI=1S/C23H22O4/c1-24-19-11-7-17(8-12-19)21-5-3-4-6-22(21)23(26-15-16-27-23)18-9-13-20(25-2)14-10-18/h3-14H,15-16H2,1-2H3. The molecule has 1 heterocycles. The molecule has 0 saturated carbocycles. The fourth-order valence-electron chi connectivity index (χ4n) is 3.49. The van der Waals surface area contributed by atoms with Crippen LogP contribution in [0.1, 0.15) is 11.1 Å². The summed E-state index contributed by atoms with van der Waals surface area (Å²) in [7, 11) is 3.33. The van der Waals surface area contributed by atoms with E-state index in [1.807, 2.05) is 60.7 Å². The van der Waals surface area contributed by atoms with Gasteiger partial charge in [-0.25, -0.2) is 0 Å². The molecule has 3 aromatic carbocycles. The number of ether oxygens (including phenoxy) is 4. The van der Waals surface area contributed by atoms with E-state index in [0.29, 0.717) is 13.2 Å². The number of rotatable bonds is 5. The van der Waals surface area contributed by atoms with E-state index < -0.39 is 5.79 Å². The molecule has 4 nitrogen and oxygen atoms in total. The van der Waals surface area contributed by atoms with Crippen molar-refractivity contribution < 1.29 is 18.9 Å². The number of benzene rings is 3. The van der Waals surface area contributed by atoms with Crippen LogP contribution in [0.25, 0.3) is 11.1 Å². The van der Waals surface area contributed by atoms with E-state index in [1.165, 1.54) is 0 Å². The van der Waals surface area contributed by atoms with Crippen LogP contribution in [0.5, 0.6) is 11.5 Å². The van der Waals surface area contributed by atoms with Crippen molar-refractivity contribution in [3.63, 3.8) is 0 Å². The average molecular weight is 362 g/mol. The van der Waals surface area contributed by atoms with E-state index in [4.69, 9.17) is 18.9 Å². The topological polar surface area (TPSA) is 36.9 Å². The lowest BCUT2D eigenvalue weighted by molar-refractivity contribution is -0.129. The monoisotopic (exact) mass is 362 g/mol. The molecule has 0 aromatic heterocycles. The van der Waals surface area contributed by atoms with E-state index >= 15 is 0 Å². The highest BCUT2D eigenvalue weighted by Crippen LogP contribution is 2.43. The highest BCUT2D eigenvalue weighted by molar-refractivity contribution is 5.70. The summed E-state index contributed by atoms with van der Waals surface area (Å²) < 4.78 is 23.0. The second kappa shape index (κ2) is 7.43. The Labute approximate surface area is 159 Å². The summed E-state index contributed by atoms with van der Waals surface area (Å²) in [5.41, 5.74) is 4.08. The summed E-state index contributed by atoms with van der Waals surface area (Å²) in [6.45, 7) is 1.09. The quantitative estimate of drug-likeness (QED) is 0.664. The van der Waals surface area contributed by atoms with E-state index in [2.05, 4.69) is 12.1 Å². The van der Waals surface area contributed by atoms with Crippen LogP contribution in [0.2, 0.25) is 0 Å². The molecule has 0 amide bonds. The van der Waals surface area contributed by atoms with Gasteiger partial charge in [0.25, 0.3) is 0 Å². The van der Waals surface area contributed by atoms with Gasteiger partial charge in [-0.3, -0.25) is 0 Å². The largest absolute Gasteiger partial charge is 0.497 e. The maximum absolute atomic E-state index is 6.21. The maximum Gasteiger partial charge on any atom is 0.223 e. The Kier molecular flexibility index (Phi) is 4.84. The van der Waals surface area contributed by atoms with Gasteiger partial charge in [-0.05, 0) is 47.5 Å². The Morgan fingerprint density at radius 1 is 0.704 bits per heavy atom. The third-order valence-corrected chi connectivity index (χ3v) is 4.85. The van der Waals surface area contributed by atoms with Crippen LogP contribution >= 0.6 is 0 Å². The van der Waals surface area contributed by atoms with Gasteiger partial charge in [0.1, 0.15) is 11.5 Å². The molecule has 27 heavy (non-hydrogen) atoms. The molecular weight excluding hydrogens is 340 g/mol. The van der Waals surface area contributed by atoms with Crippen LogP contribution in [0.3, 0.4) is 0 Å². The van der Waals surface area contributed by atoms with Crippen LogP contribution in [-0.4, -0.2) is 27.4 Å². The first kappa shape index (κ1) is 17.6. The smallest absolute Gasteiger partial charge is 0.223 e. The van der Waals surface area contributed by atoms with Crippen molar-refractivity contribution in [1.82, 2.24) is 0 Å². The summed E-state index contributed by atoms with van der Waals surface area (Å²) in [6, 6.07) is 24.1. The molecule has 1 aliphatic rings. The van der Waals surface area contributed by atoms with Crippen LogP contribution < -0.4 is 9.47 Å². The van der Waals surface area contributed by atoms with Crippen LogP contribution in [0.15, 0.2) is 72.8 Å². The minimum absolute atomic E-state index is 0.545. The van der Waals surface area contributed by atoms with Gasteiger partial charge < -0.3 is 18.9 Å². The number of methoxy groups -OCH3 is 2. The van der Waals surface area contributed by atoms with Gasteiger partial charge in [0, 0.05) is 11.1 Å². The second-order valence-electron chi connectivity index (χ2n) is 6.32. The summed E-state index contributed by atoms with van der Waals surface area (Å²) in [5, 5.41) is 0. The van der Waals surface area contributed by atoms with Crippen LogP contribution in [-0.2, 0) is 15.3 Å². The van der Waals surface area contributed by atoms with Gasteiger partial charge in [-0.15, -0.1) is 0 Å². The molecular formula is C23H22O4. The van der Waals surface area contributed by atoms with E-state index in [1.54, 1.807) is 14.2 Å². The van der Waals surface area contributed by atoms with Crippen molar-refractivity contribution in [2.75, 3.05) is 27.4 Å². The van der Waals surface area contributed by atoms with Crippen molar-refractivity contribution in [1.29, 1.82) is 0 Å². The van der Waals surface area contributed by atoms with Crippen molar-refractivity contribution >= 4 is 0 Å². The molecule has 1 aliphatic heterocycles. The van der Waals surface area contributed by atoms with Gasteiger partial charge in [-0.1, -0.05) is 36.4 Å². The Hall–Kier alpha value is -2.82. The minimum Gasteiger partial charge on any atom is -0.497 e. The van der Waals surface area contributed by atoms with Crippen LogP contribution in [0, 0.1) is 0 Å². The highest BCUT2D eigenvalue weighted by atomic mass is 16.7. The predicted molar refractivity (Wildman–Crippen MR) is 104 cm³/mol. The SMILES string of the molecule is COc1ccc(-c2ccccc2C2(c3ccc(OC)cc3)OCCO2)cc1. The van der Waals surface area contributed by atoms with Gasteiger partial charge in [0.15, 0.2) is 0 Å². The molecule has 4 heteroatoms. The van der Waals surface area contributed by atoms with E-state index in [-0.39, 0.29) is 0 Å². The lowest BCUT2D eigenvalue weighted by Gasteiger charge is -2.30. The van der Waals surface area contributed by atoms with Crippen molar-refractivity contribution in [2.24, 2.45) is 0 Å². The third-order valence-electron chi connectivity index (χ3n) is 4.85. The first-order valence-electron chi connectivity index (χ1n) is 8.93. The number of hydrogen-bond donors (Lipinski definition) is 0. The molecule has 1 saturated heterocycles. The first-order valence-corrected chi connectivity index (χ1v) is 8.93. The van der Waals surface area contributed by atoms with E-state index in [0.717, 1.165) is 33.8 Å². The Morgan fingerprint density at radius 3 is 1.85 bits per heavy atom. The summed E-state index contributed by atoms with van der Waals surface area (Å²) in [4.78, 5) is 0. The molecule has 0 radical (unpaired) electrons. The average Bonchev–Trinajstić information content (AvgIpc) is 3.25. The zero-order chi connectivity index (χ0) is 18.7. The van der Waals surface area contributed by atoms with Crippen molar-refractivity contribution in [3.8, 4) is 22.6 Å². The molecule has 0 bridgehead atoms. The predicted octanol–water partition coefficient (Wildman–Crippen LogP) is 4.62. The van der Waals surface area contributed by atoms with Crippen molar-refractivity contribution in [3.05, 3.63) is 83.9 Å². The molecule has 0 aliphatic carbocycles. The van der Waals surface area contributed by atoms with E-state index in [9.17, 15) is 0 Å². The lowest BCUT2D eigenvalue weighted by Crippen LogP contribution is -2.29. The zero-order valence-electron chi connectivity index (χ0n) is 15.5. The molecule has 3 aromatic rings. The van der Waals surface area contributed by atoms with Gasteiger partial charge in [-0.2, -0.15) is 0 Å². The molecule has 4 rings (SSSR count). The lowest BCUT2D eigenvalue weighted by atomic mass is 9.90. The number of hydrogen-bond acceptors (Lipinski definition) is 4. The molecule has 0 unspecified atom stereocenters. The minimum atomic E-state index is -0.928. The molecule has 0 atom stereocenters.